The van der Waals surface area contributed by atoms with Crippen LogP contribution in [0.5, 0.6) is 0 Å². The lowest BCUT2D eigenvalue weighted by molar-refractivity contribution is -0.127. The van der Waals surface area contributed by atoms with Crippen LogP contribution in [0.4, 0.5) is 0 Å². The SMILES string of the molecule is O=C1NC(=O)[C@H]2[C@H]3C[C@H]([C@@H]4ON=C(/C=C/c5ccccc5)[C@H]34)[C@@H]12. The van der Waals surface area contributed by atoms with Crippen LogP contribution in [-0.2, 0) is 14.4 Å². The van der Waals surface area contributed by atoms with Crippen LogP contribution in [0.3, 0.4) is 0 Å². The predicted octanol–water partition coefficient (Wildman–Crippen LogP) is 1.61. The maximum absolute atomic E-state index is 12.1. The second-order valence-corrected chi connectivity index (χ2v) is 6.82. The Bertz CT molecular complexity index is 755. The van der Waals surface area contributed by atoms with Gasteiger partial charge in [-0.2, -0.15) is 0 Å². The van der Waals surface area contributed by atoms with E-state index < -0.39 is 0 Å². The number of hydrogen-bond acceptors (Lipinski definition) is 4. The summed E-state index contributed by atoms with van der Waals surface area (Å²) in [5.74, 6) is -0.201. The van der Waals surface area contributed by atoms with Crippen LogP contribution in [0.25, 0.3) is 6.08 Å². The summed E-state index contributed by atoms with van der Waals surface area (Å²) in [6.45, 7) is 0. The fraction of sp³-hybridized carbons (Fsp3) is 0.389. The topological polar surface area (TPSA) is 67.8 Å². The van der Waals surface area contributed by atoms with Gasteiger partial charge in [-0.3, -0.25) is 14.9 Å². The van der Waals surface area contributed by atoms with Gasteiger partial charge in [0.2, 0.25) is 11.8 Å². The second-order valence-electron chi connectivity index (χ2n) is 6.82. The van der Waals surface area contributed by atoms with Crippen molar-refractivity contribution in [3.05, 3.63) is 42.0 Å². The van der Waals surface area contributed by atoms with E-state index in [9.17, 15) is 9.59 Å². The number of amides is 2. The van der Waals surface area contributed by atoms with Crippen molar-refractivity contribution in [3.8, 4) is 0 Å². The molecule has 5 rings (SSSR count). The molecule has 6 atom stereocenters. The zero-order chi connectivity index (χ0) is 15.6. The van der Waals surface area contributed by atoms with Crippen molar-refractivity contribution < 1.29 is 14.4 Å². The molecule has 1 saturated heterocycles. The Kier molecular flexibility index (Phi) is 2.57. The number of carbonyl (C=O) groups excluding carboxylic acids is 2. The molecular formula is C18H16N2O3. The number of oxime groups is 1. The summed E-state index contributed by atoms with van der Waals surface area (Å²) >= 11 is 0. The fourth-order valence-corrected chi connectivity index (χ4v) is 4.96. The predicted molar refractivity (Wildman–Crippen MR) is 83.0 cm³/mol. The lowest BCUT2D eigenvalue weighted by Crippen LogP contribution is -2.40. The van der Waals surface area contributed by atoms with E-state index in [-0.39, 0.29) is 47.5 Å². The highest BCUT2D eigenvalue weighted by Gasteiger charge is 2.68. The highest BCUT2D eigenvalue weighted by atomic mass is 16.6. The van der Waals surface area contributed by atoms with Crippen molar-refractivity contribution in [1.29, 1.82) is 0 Å². The van der Waals surface area contributed by atoms with E-state index in [0.717, 1.165) is 17.7 Å². The van der Waals surface area contributed by atoms with E-state index in [1.54, 1.807) is 0 Å². The van der Waals surface area contributed by atoms with E-state index in [2.05, 4.69) is 10.5 Å². The van der Waals surface area contributed by atoms with Gasteiger partial charge in [0.1, 0.15) is 6.10 Å². The lowest BCUT2D eigenvalue weighted by atomic mass is 9.72. The number of imide groups is 1. The van der Waals surface area contributed by atoms with Crippen LogP contribution in [0, 0.1) is 29.6 Å². The molecule has 5 heteroatoms. The Balaban J connectivity index is 1.43. The number of rotatable bonds is 2. The molecule has 1 N–H and O–H groups in total. The minimum absolute atomic E-state index is 0.0478. The molecule has 2 amide bonds. The second kappa shape index (κ2) is 4.54. The summed E-state index contributed by atoms with van der Waals surface area (Å²) in [6, 6.07) is 10.0. The third-order valence-corrected chi connectivity index (χ3v) is 5.81. The molecule has 2 heterocycles. The van der Waals surface area contributed by atoms with E-state index in [4.69, 9.17) is 4.84 Å². The van der Waals surface area contributed by atoms with Crippen molar-refractivity contribution in [2.45, 2.75) is 12.5 Å². The van der Waals surface area contributed by atoms with Crippen LogP contribution >= 0.6 is 0 Å². The third-order valence-electron chi connectivity index (χ3n) is 5.81. The first-order valence-corrected chi connectivity index (χ1v) is 8.05. The lowest BCUT2D eigenvalue weighted by Gasteiger charge is -2.29. The molecule has 3 fully saturated rings. The molecule has 2 aliphatic carbocycles. The van der Waals surface area contributed by atoms with E-state index >= 15 is 0 Å². The number of fused-ring (bicyclic) bond motifs is 8. The molecule has 2 saturated carbocycles. The monoisotopic (exact) mass is 308 g/mol. The minimum Gasteiger partial charge on any atom is -0.391 e. The third kappa shape index (κ3) is 1.70. The van der Waals surface area contributed by atoms with Gasteiger partial charge >= 0.3 is 0 Å². The number of nitrogens with one attached hydrogen (secondary N) is 1. The molecule has 2 aliphatic heterocycles. The van der Waals surface area contributed by atoms with Crippen LogP contribution < -0.4 is 5.32 Å². The van der Waals surface area contributed by atoms with Crippen LogP contribution in [0.1, 0.15) is 12.0 Å². The number of nitrogens with zero attached hydrogens (tertiary/aromatic N) is 1. The van der Waals surface area contributed by atoms with Gasteiger partial charge in [-0.15, -0.1) is 0 Å². The van der Waals surface area contributed by atoms with Crippen LogP contribution in [-0.4, -0.2) is 23.6 Å². The fourth-order valence-electron chi connectivity index (χ4n) is 4.96. The number of hydrogen-bond donors (Lipinski definition) is 1. The van der Waals surface area contributed by atoms with Crippen LogP contribution in [0.15, 0.2) is 41.6 Å². The van der Waals surface area contributed by atoms with Gasteiger partial charge in [-0.25, -0.2) is 0 Å². The maximum Gasteiger partial charge on any atom is 0.230 e. The van der Waals surface area contributed by atoms with Crippen molar-refractivity contribution in [1.82, 2.24) is 5.32 Å². The number of allylic oxidation sites excluding steroid dienone is 1. The Morgan fingerprint density at radius 3 is 2.52 bits per heavy atom. The van der Waals surface area contributed by atoms with Gasteiger partial charge in [-0.05, 0) is 24.0 Å². The smallest absolute Gasteiger partial charge is 0.230 e. The molecule has 0 aromatic heterocycles. The summed E-state index contributed by atoms with van der Waals surface area (Å²) in [5.41, 5.74) is 2.01. The molecule has 1 aromatic rings. The van der Waals surface area contributed by atoms with Gasteiger partial charge < -0.3 is 4.84 Å². The molecule has 4 aliphatic rings. The normalized spacial score (nSPS) is 40.1. The largest absolute Gasteiger partial charge is 0.391 e. The standard InChI is InChI=1S/C18H16N2O3/c21-17-14-10-8-11(15(14)18(22)19-17)16-13(10)12(20-23-16)7-6-9-4-2-1-3-5-9/h1-7,10-11,13-16H,8H2,(H,19,21,22)/b7-6+/t10-,11-,13-,14-,15+,16-/m0/s1. The minimum atomic E-state index is -0.207. The van der Waals surface area contributed by atoms with Gasteiger partial charge in [0.05, 0.1) is 17.5 Å². The summed E-state index contributed by atoms with van der Waals surface area (Å²) in [7, 11) is 0. The zero-order valence-corrected chi connectivity index (χ0v) is 12.4. The van der Waals surface area contributed by atoms with Crippen molar-refractivity contribution in [3.63, 3.8) is 0 Å². The summed E-state index contributed by atoms with van der Waals surface area (Å²) in [6.07, 6.45) is 4.86. The van der Waals surface area contributed by atoms with Gasteiger partial charge in [0.25, 0.3) is 0 Å². The van der Waals surface area contributed by atoms with Crippen molar-refractivity contribution in [2.75, 3.05) is 0 Å². The molecule has 0 unspecified atom stereocenters. The summed E-state index contributed by atoms with van der Waals surface area (Å²) in [5, 5.41) is 6.73. The Hall–Kier alpha value is -2.43. The molecule has 1 aromatic carbocycles. The summed E-state index contributed by atoms with van der Waals surface area (Å²) in [4.78, 5) is 29.7. The average Bonchev–Trinajstić information content (AvgIpc) is 3.28. The molecular weight excluding hydrogens is 292 g/mol. The molecule has 116 valence electrons. The number of carbonyl (C=O) groups is 2. The molecule has 0 radical (unpaired) electrons. The molecule has 2 bridgehead atoms. The first-order valence-electron chi connectivity index (χ1n) is 8.05. The number of benzene rings is 1. The molecule has 5 nitrogen and oxygen atoms in total. The Morgan fingerprint density at radius 1 is 1.00 bits per heavy atom. The Labute approximate surface area is 133 Å². The van der Waals surface area contributed by atoms with Crippen molar-refractivity contribution >= 4 is 23.6 Å². The highest BCUT2D eigenvalue weighted by Crippen LogP contribution is 2.59. The first-order chi connectivity index (χ1) is 11.2. The van der Waals surface area contributed by atoms with Gasteiger partial charge in [0, 0.05) is 11.8 Å². The van der Waals surface area contributed by atoms with E-state index in [1.807, 2.05) is 42.5 Å². The first kappa shape index (κ1) is 13.0. The Morgan fingerprint density at radius 2 is 1.74 bits per heavy atom. The maximum atomic E-state index is 12.1. The quantitative estimate of drug-likeness (QED) is 0.844. The average molecular weight is 308 g/mol. The highest BCUT2D eigenvalue weighted by molar-refractivity contribution is 6.08. The van der Waals surface area contributed by atoms with Crippen molar-refractivity contribution in [2.24, 2.45) is 34.7 Å². The van der Waals surface area contributed by atoms with Gasteiger partial charge in [-0.1, -0.05) is 41.6 Å². The van der Waals surface area contributed by atoms with E-state index in [1.165, 1.54) is 0 Å². The van der Waals surface area contributed by atoms with Gasteiger partial charge in [0.15, 0.2) is 0 Å². The zero-order valence-electron chi connectivity index (χ0n) is 12.4. The summed E-state index contributed by atoms with van der Waals surface area (Å²) < 4.78 is 0. The molecule has 0 spiro atoms. The van der Waals surface area contributed by atoms with Crippen LogP contribution in [0.2, 0.25) is 0 Å². The van der Waals surface area contributed by atoms with E-state index in [0.29, 0.717) is 0 Å². The molecule has 23 heavy (non-hydrogen) atoms.